The molecule has 0 bridgehead atoms. The Hall–Kier alpha value is -2.44. The molecule has 2 aromatic heterocycles. The summed E-state index contributed by atoms with van der Waals surface area (Å²) in [5, 5.41) is 3.85. The van der Waals surface area contributed by atoms with E-state index in [0.717, 1.165) is 35.6 Å². The van der Waals surface area contributed by atoms with Crippen LogP contribution in [-0.4, -0.2) is 36.7 Å². The Bertz CT molecular complexity index is 879. The Balaban J connectivity index is 1.97. The highest BCUT2D eigenvalue weighted by Crippen LogP contribution is 2.38. The number of rotatable bonds is 7. The fraction of sp³-hybridized carbons (Fsp3) is 0.278. The monoisotopic (exact) mass is 360 g/mol. The molecular formula is C18H21ClN4O2. The molecule has 0 aliphatic heterocycles. The lowest BCUT2D eigenvalue weighted by atomic mass is 10.1. The van der Waals surface area contributed by atoms with Crippen molar-refractivity contribution in [3.8, 4) is 22.8 Å². The van der Waals surface area contributed by atoms with E-state index < -0.39 is 0 Å². The summed E-state index contributed by atoms with van der Waals surface area (Å²) in [7, 11) is 3.19. The molecule has 0 aliphatic carbocycles. The molecule has 0 saturated carbocycles. The van der Waals surface area contributed by atoms with E-state index in [9.17, 15) is 0 Å². The Morgan fingerprint density at radius 2 is 2.00 bits per heavy atom. The van der Waals surface area contributed by atoms with Gasteiger partial charge in [-0.3, -0.25) is 0 Å². The molecule has 0 atom stereocenters. The number of nitrogens with two attached hydrogens (primary N) is 1. The Labute approximate surface area is 151 Å². The van der Waals surface area contributed by atoms with Gasteiger partial charge in [0.25, 0.3) is 0 Å². The van der Waals surface area contributed by atoms with Gasteiger partial charge in [-0.05, 0) is 25.1 Å². The van der Waals surface area contributed by atoms with Crippen LogP contribution in [0.5, 0.6) is 11.5 Å². The van der Waals surface area contributed by atoms with Crippen LogP contribution in [0.2, 0.25) is 5.02 Å². The molecule has 1 aromatic carbocycles. The third kappa shape index (κ3) is 3.65. The lowest BCUT2D eigenvalue weighted by Gasteiger charge is -2.10. The highest BCUT2D eigenvalue weighted by atomic mass is 35.5. The zero-order valence-electron chi connectivity index (χ0n) is 14.3. The summed E-state index contributed by atoms with van der Waals surface area (Å²) in [6, 6.07) is 7.58. The third-order valence-corrected chi connectivity index (χ3v) is 4.22. The van der Waals surface area contributed by atoms with Crippen LogP contribution in [-0.2, 0) is 0 Å². The topological polar surface area (TPSA) is 73.8 Å². The van der Waals surface area contributed by atoms with Gasteiger partial charge in [0.05, 0.1) is 24.9 Å². The largest absolute Gasteiger partial charge is 0.496 e. The number of hydrogen-bond acceptors (Lipinski definition) is 5. The van der Waals surface area contributed by atoms with E-state index in [1.165, 1.54) is 0 Å². The smallest absolute Gasteiger partial charge is 0.141 e. The van der Waals surface area contributed by atoms with Crippen LogP contribution in [0.15, 0.2) is 36.7 Å². The summed E-state index contributed by atoms with van der Waals surface area (Å²) in [5.74, 6) is 1.23. The average Bonchev–Trinajstić information content (AvgIpc) is 3.05. The summed E-state index contributed by atoms with van der Waals surface area (Å²) in [4.78, 5) is 4.70. The predicted octanol–water partition coefficient (Wildman–Crippen LogP) is 3.43. The van der Waals surface area contributed by atoms with Gasteiger partial charge in [-0.2, -0.15) is 0 Å². The molecule has 0 amide bonds. The van der Waals surface area contributed by atoms with Gasteiger partial charge in [0.2, 0.25) is 0 Å². The van der Waals surface area contributed by atoms with Gasteiger partial charge >= 0.3 is 0 Å². The first-order valence-electron chi connectivity index (χ1n) is 8.01. The molecule has 2 heterocycles. The number of hydrogen-bond donors (Lipinski definition) is 2. The molecule has 0 aliphatic rings. The summed E-state index contributed by atoms with van der Waals surface area (Å²) < 4.78 is 12.7. The summed E-state index contributed by atoms with van der Waals surface area (Å²) in [5.41, 5.74) is 8.96. The molecule has 132 valence electrons. The highest BCUT2D eigenvalue weighted by molar-refractivity contribution is 6.32. The predicted molar refractivity (Wildman–Crippen MR) is 101 cm³/mol. The van der Waals surface area contributed by atoms with E-state index in [4.69, 9.17) is 31.8 Å². The third-order valence-electron chi connectivity index (χ3n) is 3.92. The van der Waals surface area contributed by atoms with Gasteiger partial charge < -0.3 is 24.9 Å². The van der Waals surface area contributed by atoms with Crippen molar-refractivity contribution in [3.63, 3.8) is 0 Å². The highest BCUT2D eigenvalue weighted by Gasteiger charge is 2.14. The molecule has 0 unspecified atom stereocenters. The van der Waals surface area contributed by atoms with Gasteiger partial charge in [-0.1, -0.05) is 11.6 Å². The van der Waals surface area contributed by atoms with Crippen molar-refractivity contribution in [1.29, 1.82) is 0 Å². The first-order chi connectivity index (χ1) is 12.2. The van der Waals surface area contributed by atoms with Crippen molar-refractivity contribution < 1.29 is 9.47 Å². The molecule has 3 aromatic rings. The number of benzene rings is 1. The molecule has 3 rings (SSSR count). The van der Waals surface area contributed by atoms with E-state index in [1.807, 2.05) is 28.9 Å². The number of halogens is 1. The molecule has 0 radical (unpaired) electrons. The molecule has 3 N–H and O–H groups in total. The van der Waals surface area contributed by atoms with E-state index in [1.54, 1.807) is 26.4 Å². The molecular weight excluding hydrogens is 340 g/mol. The van der Waals surface area contributed by atoms with Gasteiger partial charge in [0, 0.05) is 42.3 Å². The maximum atomic E-state index is 6.27. The summed E-state index contributed by atoms with van der Waals surface area (Å²) in [6.07, 6.45) is 4.83. The minimum absolute atomic E-state index is 0.513. The van der Waals surface area contributed by atoms with Crippen molar-refractivity contribution in [2.24, 2.45) is 5.73 Å². The fourth-order valence-corrected chi connectivity index (χ4v) is 2.86. The summed E-state index contributed by atoms with van der Waals surface area (Å²) >= 11 is 6.27. The second-order valence-electron chi connectivity index (χ2n) is 5.56. The standard InChI is InChI=1S/C18H21ClN4O2/c1-24-16-10-17(25-2)14(19)9-13(16)15-11-23-7-4-12(8-18(23)22-15)21-6-3-5-20/h4,7-11,21H,3,5-6,20H2,1-2H3. The number of fused-ring (bicyclic) bond motifs is 1. The lowest BCUT2D eigenvalue weighted by molar-refractivity contribution is 0.395. The summed E-state index contributed by atoms with van der Waals surface area (Å²) in [6.45, 7) is 1.50. The van der Waals surface area contributed by atoms with Crippen LogP contribution in [0.25, 0.3) is 16.9 Å². The Morgan fingerprint density at radius 1 is 1.20 bits per heavy atom. The van der Waals surface area contributed by atoms with Crippen molar-refractivity contribution in [2.75, 3.05) is 32.6 Å². The number of imidazole rings is 1. The van der Waals surface area contributed by atoms with Crippen LogP contribution < -0.4 is 20.5 Å². The van der Waals surface area contributed by atoms with E-state index in [-0.39, 0.29) is 0 Å². The minimum Gasteiger partial charge on any atom is -0.496 e. The number of nitrogens with one attached hydrogen (secondary N) is 1. The number of aromatic nitrogens is 2. The maximum Gasteiger partial charge on any atom is 0.141 e. The van der Waals surface area contributed by atoms with Crippen molar-refractivity contribution in [1.82, 2.24) is 9.38 Å². The normalized spacial score (nSPS) is 10.9. The SMILES string of the molecule is COc1cc(OC)c(-c2cn3ccc(NCCCN)cc3n2)cc1Cl. The Kier molecular flexibility index (Phi) is 5.31. The van der Waals surface area contributed by atoms with Crippen LogP contribution in [0.4, 0.5) is 5.69 Å². The van der Waals surface area contributed by atoms with Crippen LogP contribution in [0, 0.1) is 0 Å². The van der Waals surface area contributed by atoms with Crippen LogP contribution in [0.3, 0.4) is 0 Å². The quantitative estimate of drug-likeness (QED) is 0.631. The number of nitrogens with zero attached hydrogens (tertiary/aromatic N) is 2. The Morgan fingerprint density at radius 3 is 2.72 bits per heavy atom. The number of methoxy groups -OCH3 is 2. The maximum absolute atomic E-state index is 6.27. The van der Waals surface area contributed by atoms with Crippen molar-refractivity contribution in [2.45, 2.75) is 6.42 Å². The van der Waals surface area contributed by atoms with E-state index in [0.29, 0.717) is 23.1 Å². The van der Waals surface area contributed by atoms with Crippen LogP contribution >= 0.6 is 11.6 Å². The molecule has 0 fully saturated rings. The first kappa shape index (κ1) is 17.4. The molecule has 7 heteroatoms. The second-order valence-corrected chi connectivity index (χ2v) is 5.97. The van der Waals surface area contributed by atoms with Gasteiger partial charge in [0.1, 0.15) is 17.1 Å². The van der Waals surface area contributed by atoms with Crippen molar-refractivity contribution >= 4 is 22.9 Å². The van der Waals surface area contributed by atoms with Crippen LogP contribution in [0.1, 0.15) is 6.42 Å². The zero-order valence-corrected chi connectivity index (χ0v) is 15.0. The zero-order chi connectivity index (χ0) is 17.8. The fourth-order valence-electron chi connectivity index (χ4n) is 2.62. The van der Waals surface area contributed by atoms with Gasteiger partial charge in [0.15, 0.2) is 0 Å². The average molecular weight is 361 g/mol. The lowest BCUT2D eigenvalue weighted by Crippen LogP contribution is -2.08. The molecule has 0 spiro atoms. The molecule has 25 heavy (non-hydrogen) atoms. The van der Waals surface area contributed by atoms with E-state index >= 15 is 0 Å². The number of anilines is 1. The van der Waals surface area contributed by atoms with E-state index in [2.05, 4.69) is 5.32 Å². The second kappa shape index (κ2) is 7.63. The van der Waals surface area contributed by atoms with Gasteiger partial charge in [-0.25, -0.2) is 4.98 Å². The minimum atomic E-state index is 0.513. The molecule has 0 saturated heterocycles. The number of pyridine rings is 1. The number of ether oxygens (including phenoxy) is 2. The van der Waals surface area contributed by atoms with Gasteiger partial charge in [-0.15, -0.1) is 0 Å². The molecule has 6 nitrogen and oxygen atoms in total. The van der Waals surface area contributed by atoms with Crippen molar-refractivity contribution in [3.05, 3.63) is 41.7 Å². The first-order valence-corrected chi connectivity index (χ1v) is 8.38.